The Bertz CT molecular complexity index is 895. The highest BCUT2D eigenvalue weighted by atomic mass is 32.1. The van der Waals surface area contributed by atoms with Gasteiger partial charge in [-0.2, -0.15) is 0 Å². The van der Waals surface area contributed by atoms with Crippen LogP contribution in [0.5, 0.6) is 5.75 Å². The van der Waals surface area contributed by atoms with E-state index in [1.807, 2.05) is 11.6 Å². The van der Waals surface area contributed by atoms with Gasteiger partial charge < -0.3 is 4.74 Å². The van der Waals surface area contributed by atoms with Gasteiger partial charge >= 0.3 is 0 Å². The summed E-state index contributed by atoms with van der Waals surface area (Å²) in [4.78, 5) is 4.52. The number of benzene rings is 2. The Morgan fingerprint density at radius 3 is 2.52 bits per heavy atom. The lowest BCUT2D eigenvalue weighted by Crippen LogP contribution is -2.04. The van der Waals surface area contributed by atoms with E-state index in [0.29, 0.717) is 18.4 Å². The molecule has 0 spiro atoms. The molecule has 25 heavy (non-hydrogen) atoms. The van der Waals surface area contributed by atoms with Crippen molar-refractivity contribution in [3.8, 4) is 16.3 Å². The molecule has 2 nitrogen and oxygen atoms in total. The SMILES string of the molecule is Cc1cc(C)c2c(c1-c1nccs1)OCC2c1ccc(C(C)C)cc1. The van der Waals surface area contributed by atoms with Crippen LogP contribution in [0.3, 0.4) is 0 Å². The molecule has 1 unspecified atom stereocenters. The maximum atomic E-state index is 6.23. The molecule has 3 aromatic rings. The monoisotopic (exact) mass is 349 g/mol. The van der Waals surface area contributed by atoms with Crippen molar-refractivity contribution in [1.82, 2.24) is 4.98 Å². The molecule has 1 aliphatic rings. The molecule has 4 rings (SSSR count). The molecule has 2 aromatic carbocycles. The Morgan fingerprint density at radius 2 is 1.88 bits per heavy atom. The summed E-state index contributed by atoms with van der Waals surface area (Å²) in [6.07, 6.45) is 1.86. The lowest BCUT2D eigenvalue weighted by Gasteiger charge is -2.15. The van der Waals surface area contributed by atoms with Crippen LogP contribution in [0.4, 0.5) is 0 Å². The zero-order valence-corrected chi connectivity index (χ0v) is 16.0. The van der Waals surface area contributed by atoms with Gasteiger partial charge in [0.2, 0.25) is 0 Å². The van der Waals surface area contributed by atoms with Crippen LogP contribution in [0.1, 0.15) is 53.5 Å². The van der Waals surface area contributed by atoms with E-state index >= 15 is 0 Å². The van der Waals surface area contributed by atoms with Crippen molar-refractivity contribution in [2.24, 2.45) is 0 Å². The Balaban J connectivity index is 1.81. The molecule has 0 N–H and O–H groups in total. The fourth-order valence-electron chi connectivity index (χ4n) is 3.79. The van der Waals surface area contributed by atoms with E-state index < -0.39 is 0 Å². The van der Waals surface area contributed by atoms with Crippen LogP contribution in [0.15, 0.2) is 41.9 Å². The maximum absolute atomic E-state index is 6.23. The summed E-state index contributed by atoms with van der Waals surface area (Å²) in [5, 5.41) is 3.07. The average molecular weight is 349 g/mol. The van der Waals surface area contributed by atoms with Gasteiger partial charge in [-0.25, -0.2) is 4.98 Å². The number of aromatic nitrogens is 1. The molecule has 0 fully saturated rings. The molecule has 1 aliphatic heterocycles. The molecule has 3 heteroatoms. The lowest BCUT2D eigenvalue weighted by atomic mass is 9.86. The van der Waals surface area contributed by atoms with Crippen LogP contribution in [-0.2, 0) is 0 Å². The second-order valence-electron chi connectivity index (χ2n) is 7.15. The zero-order valence-electron chi connectivity index (χ0n) is 15.2. The fraction of sp³-hybridized carbons (Fsp3) is 0.318. The first kappa shape index (κ1) is 16.3. The molecule has 128 valence electrons. The highest BCUT2D eigenvalue weighted by Gasteiger charge is 2.31. The van der Waals surface area contributed by atoms with Crippen LogP contribution >= 0.6 is 11.3 Å². The van der Waals surface area contributed by atoms with Gasteiger partial charge in [0, 0.05) is 23.1 Å². The van der Waals surface area contributed by atoms with E-state index in [-0.39, 0.29) is 0 Å². The predicted molar refractivity (Wildman–Crippen MR) is 105 cm³/mol. The molecular weight excluding hydrogens is 326 g/mol. The van der Waals surface area contributed by atoms with Gasteiger partial charge in [-0.15, -0.1) is 11.3 Å². The van der Waals surface area contributed by atoms with Crippen LogP contribution in [0, 0.1) is 13.8 Å². The van der Waals surface area contributed by atoms with E-state index in [9.17, 15) is 0 Å². The van der Waals surface area contributed by atoms with Gasteiger partial charge in [0.1, 0.15) is 10.8 Å². The van der Waals surface area contributed by atoms with Crippen molar-refractivity contribution >= 4 is 11.3 Å². The first-order valence-corrected chi connectivity index (χ1v) is 9.71. The van der Waals surface area contributed by atoms with Crippen molar-refractivity contribution < 1.29 is 4.74 Å². The number of rotatable bonds is 3. The predicted octanol–water partition coefficient (Wildman–Crippen LogP) is 6.07. The zero-order chi connectivity index (χ0) is 17.6. The molecule has 0 amide bonds. The standard InChI is InChI=1S/C22H23NOS/c1-13(2)16-5-7-17(8-6-16)18-12-24-21-19(18)14(3)11-15(4)20(21)22-23-9-10-25-22/h5-11,13,18H,12H2,1-4H3. The number of thiazole rings is 1. The summed E-state index contributed by atoms with van der Waals surface area (Å²) in [7, 11) is 0. The highest BCUT2D eigenvalue weighted by Crippen LogP contribution is 2.47. The number of hydrogen-bond acceptors (Lipinski definition) is 3. The Labute approximate surface area is 153 Å². The molecule has 0 saturated heterocycles. The van der Waals surface area contributed by atoms with E-state index in [0.717, 1.165) is 16.3 Å². The fourth-order valence-corrected chi connectivity index (χ4v) is 4.53. The average Bonchev–Trinajstić information content (AvgIpc) is 3.25. The molecule has 1 atom stereocenters. The first-order valence-electron chi connectivity index (χ1n) is 8.83. The second-order valence-corrected chi connectivity index (χ2v) is 8.04. The van der Waals surface area contributed by atoms with Crippen molar-refractivity contribution in [1.29, 1.82) is 0 Å². The minimum Gasteiger partial charge on any atom is -0.492 e. The van der Waals surface area contributed by atoms with Crippen LogP contribution in [0.2, 0.25) is 0 Å². The minimum atomic E-state index is 0.301. The summed E-state index contributed by atoms with van der Waals surface area (Å²) >= 11 is 1.67. The largest absolute Gasteiger partial charge is 0.492 e. The number of aryl methyl sites for hydroxylation is 2. The number of nitrogens with zero attached hydrogens (tertiary/aromatic N) is 1. The van der Waals surface area contributed by atoms with E-state index in [1.54, 1.807) is 11.3 Å². The molecule has 2 heterocycles. The third kappa shape index (κ3) is 2.77. The Morgan fingerprint density at radius 1 is 1.12 bits per heavy atom. The number of ether oxygens (including phenoxy) is 1. The first-order chi connectivity index (χ1) is 12.1. The number of fused-ring (bicyclic) bond motifs is 1. The van der Waals surface area contributed by atoms with E-state index in [4.69, 9.17) is 4.74 Å². The second kappa shape index (κ2) is 6.30. The molecular formula is C22H23NOS. The van der Waals surface area contributed by atoms with Gasteiger partial charge in [0.15, 0.2) is 0 Å². The summed E-state index contributed by atoms with van der Waals surface area (Å²) in [5.74, 6) is 1.89. The molecule has 0 aliphatic carbocycles. The van der Waals surface area contributed by atoms with Crippen molar-refractivity contribution in [3.63, 3.8) is 0 Å². The summed E-state index contributed by atoms with van der Waals surface area (Å²) < 4.78 is 6.23. The molecule has 0 bridgehead atoms. The summed E-state index contributed by atoms with van der Waals surface area (Å²) in [6.45, 7) is 9.52. The Kier molecular flexibility index (Phi) is 4.12. The minimum absolute atomic E-state index is 0.301. The normalized spacial score (nSPS) is 16.1. The lowest BCUT2D eigenvalue weighted by molar-refractivity contribution is 0.344. The van der Waals surface area contributed by atoms with Crippen LogP contribution < -0.4 is 4.74 Å². The van der Waals surface area contributed by atoms with Crippen LogP contribution in [0.25, 0.3) is 10.6 Å². The third-order valence-corrected chi connectivity index (χ3v) is 5.91. The van der Waals surface area contributed by atoms with Crippen LogP contribution in [-0.4, -0.2) is 11.6 Å². The van der Waals surface area contributed by atoms with Crippen molar-refractivity contribution in [3.05, 3.63) is 69.7 Å². The quantitative estimate of drug-likeness (QED) is 0.572. The molecule has 1 aromatic heterocycles. The molecule has 0 saturated carbocycles. The Hall–Kier alpha value is -2.13. The topological polar surface area (TPSA) is 22.1 Å². The van der Waals surface area contributed by atoms with Gasteiger partial charge in [-0.3, -0.25) is 0 Å². The third-order valence-electron chi connectivity index (χ3n) is 5.12. The highest BCUT2D eigenvalue weighted by molar-refractivity contribution is 7.13. The van der Waals surface area contributed by atoms with Gasteiger partial charge in [-0.1, -0.05) is 44.2 Å². The number of hydrogen-bond donors (Lipinski definition) is 0. The van der Waals surface area contributed by atoms with Crippen molar-refractivity contribution in [2.75, 3.05) is 6.61 Å². The van der Waals surface area contributed by atoms with E-state index in [1.165, 1.54) is 27.8 Å². The summed E-state index contributed by atoms with van der Waals surface area (Å²) in [6, 6.07) is 11.3. The maximum Gasteiger partial charge on any atom is 0.134 e. The smallest absolute Gasteiger partial charge is 0.134 e. The summed E-state index contributed by atoms with van der Waals surface area (Å²) in [5.41, 5.74) is 7.75. The van der Waals surface area contributed by atoms with Gasteiger partial charge in [0.05, 0.1) is 12.2 Å². The van der Waals surface area contributed by atoms with E-state index in [2.05, 4.69) is 63.0 Å². The van der Waals surface area contributed by atoms with Gasteiger partial charge in [0.25, 0.3) is 0 Å². The van der Waals surface area contributed by atoms with Gasteiger partial charge in [-0.05, 0) is 42.0 Å². The molecule has 0 radical (unpaired) electrons. The van der Waals surface area contributed by atoms with Crippen molar-refractivity contribution in [2.45, 2.75) is 39.5 Å².